The molecule has 24 heavy (non-hydrogen) atoms. The maximum Gasteiger partial charge on any atom is 0.294 e. The van der Waals surface area contributed by atoms with Crippen molar-refractivity contribution in [1.82, 2.24) is 14.9 Å². The Bertz CT molecular complexity index is 881. The summed E-state index contributed by atoms with van der Waals surface area (Å²) >= 11 is 7.24. The molecule has 0 radical (unpaired) electrons. The van der Waals surface area contributed by atoms with Crippen molar-refractivity contribution in [3.63, 3.8) is 0 Å². The summed E-state index contributed by atoms with van der Waals surface area (Å²) in [6.07, 6.45) is 0.365. The molecule has 0 saturated carbocycles. The highest BCUT2D eigenvalue weighted by atomic mass is 35.5. The van der Waals surface area contributed by atoms with Crippen LogP contribution in [0.25, 0.3) is 0 Å². The Morgan fingerprint density at radius 1 is 1.00 bits per heavy atom. The molecule has 3 aromatic rings. The van der Waals surface area contributed by atoms with Crippen LogP contribution in [0.5, 0.6) is 0 Å². The average molecular weight is 359 g/mol. The van der Waals surface area contributed by atoms with Gasteiger partial charge in [-0.2, -0.15) is 4.68 Å². The van der Waals surface area contributed by atoms with Crippen molar-refractivity contribution in [2.24, 2.45) is 0 Å². The summed E-state index contributed by atoms with van der Waals surface area (Å²) in [4.78, 5) is 12.4. The van der Waals surface area contributed by atoms with Crippen molar-refractivity contribution >= 4 is 23.4 Å². The first-order valence-corrected chi connectivity index (χ1v) is 8.64. The maximum atomic E-state index is 12.4. The Morgan fingerprint density at radius 2 is 1.71 bits per heavy atom. The molecule has 2 N–H and O–H groups in total. The first-order valence-electron chi connectivity index (χ1n) is 7.28. The molecular formula is C17H15ClN4OS. The van der Waals surface area contributed by atoms with Crippen molar-refractivity contribution < 1.29 is 0 Å². The van der Waals surface area contributed by atoms with Crippen LogP contribution in [0.4, 0.5) is 0 Å². The maximum absolute atomic E-state index is 12.4. The van der Waals surface area contributed by atoms with Crippen molar-refractivity contribution in [2.45, 2.75) is 17.3 Å². The smallest absolute Gasteiger partial charge is 0.294 e. The minimum absolute atomic E-state index is 0.309. The molecule has 0 aliphatic carbocycles. The fourth-order valence-corrected chi connectivity index (χ4v) is 3.08. The topological polar surface area (TPSA) is 73.8 Å². The van der Waals surface area contributed by atoms with Gasteiger partial charge in [0.25, 0.3) is 5.56 Å². The molecule has 1 heterocycles. The molecule has 3 rings (SSSR count). The first kappa shape index (κ1) is 16.5. The quantitative estimate of drug-likeness (QED) is 0.560. The van der Waals surface area contributed by atoms with Gasteiger partial charge >= 0.3 is 0 Å². The Morgan fingerprint density at radius 3 is 2.42 bits per heavy atom. The standard InChI is InChI=1S/C17H15ClN4OS/c18-14-8-6-12(7-9-14)10-15-16(23)22(19)17(21-20-15)24-11-13-4-2-1-3-5-13/h1-9H,10-11,19H2. The molecule has 0 aliphatic rings. The van der Waals surface area contributed by atoms with Gasteiger partial charge in [0.2, 0.25) is 5.16 Å². The van der Waals surface area contributed by atoms with Crippen LogP contribution in [0.15, 0.2) is 64.5 Å². The molecule has 7 heteroatoms. The minimum atomic E-state index is -0.337. The number of halogens is 1. The Balaban J connectivity index is 1.76. The molecule has 0 aliphatic heterocycles. The van der Waals surface area contributed by atoms with Crippen LogP contribution < -0.4 is 11.4 Å². The summed E-state index contributed by atoms with van der Waals surface area (Å²) in [6.45, 7) is 0. The van der Waals surface area contributed by atoms with Crippen LogP contribution in [0.3, 0.4) is 0 Å². The number of thioether (sulfide) groups is 1. The van der Waals surface area contributed by atoms with E-state index in [-0.39, 0.29) is 5.56 Å². The van der Waals surface area contributed by atoms with E-state index in [4.69, 9.17) is 17.4 Å². The Hall–Kier alpha value is -2.31. The average Bonchev–Trinajstić information content (AvgIpc) is 2.61. The monoisotopic (exact) mass is 358 g/mol. The Labute approximate surface area is 148 Å². The molecule has 122 valence electrons. The van der Waals surface area contributed by atoms with E-state index >= 15 is 0 Å². The second-order valence-electron chi connectivity index (χ2n) is 5.18. The second-order valence-corrected chi connectivity index (χ2v) is 6.56. The van der Waals surface area contributed by atoms with Crippen molar-refractivity contribution in [1.29, 1.82) is 0 Å². The second kappa shape index (κ2) is 7.51. The number of aromatic nitrogens is 3. The van der Waals surface area contributed by atoms with E-state index in [9.17, 15) is 4.79 Å². The van der Waals surface area contributed by atoms with Crippen molar-refractivity contribution in [3.8, 4) is 0 Å². The van der Waals surface area contributed by atoms with Crippen LogP contribution in [-0.2, 0) is 12.2 Å². The molecule has 1 aromatic heterocycles. The van der Waals surface area contributed by atoms with Gasteiger partial charge in [0.15, 0.2) is 0 Å². The zero-order valence-electron chi connectivity index (χ0n) is 12.7. The number of benzene rings is 2. The molecule has 0 spiro atoms. The zero-order valence-corrected chi connectivity index (χ0v) is 14.3. The molecule has 0 unspecified atom stereocenters. The van der Waals surface area contributed by atoms with Gasteiger partial charge in [0, 0.05) is 17.2 Å². The summed E-state index contributed by atoms with van der Waals surface area (Å²) in [6, 6.07) is 17.1. The number of hydrogen-bond acceptors (Lipinski definition) is 5. The number of hydrogen-bond donors (Lipinski definition) is 1. The van der Waals surface area contributed by atoms with Crippen LogP contribution in [0, 0.1) is 0 Å². The molecule has 5 nitrogen and oxygen atoms in total. The normalized spacial score (nSPS) is 10.7. The highest BCUT2D eigenvalue weighted by Crippen LogP contribution is 2.18. The Kier molecular flexibility index (Phi) is 5.17. The third-order valence-electron chi connectivity index (χ3n) is 3.42. The lowest BCUT2D eigenvalue weighted by atomic mass is 10.1. The lowest BCUT2D eigenvalue weighted by Gasteiger charge is -2.07. The van der Waals surface area contributed by atoms with Gasteiger partial charge in [-0.3, -0.25) is 4.79 Å². The largest absolute Gasteiger partial charge is 0.334 e. The predicted molar refractivity (Wildman–Crippen MR) is 96.7 cm³/mol. The van der Waals surface area contributed by atoms with E-state index in [0.29, 0.717) is 28.0 Å². The SMILES string of the molecule is Nn1c(SCc2ccccc2)nnc(Cc2ccc(Cl)cc2)c1=O. The van der Waals surface area contributed by atoms with E-state index in [1.165, 1.54) is 11.8 Å². The summed E-state index contributed by atoms with van der Waals surface area (Å²) < 4.78 is 1.06. The van der Waals surface area contributed by atoms with Crippen LogP contribution in [0.2, 0.25) is 5.02 Å². The first-order chi connectivity index (χ1) is 11.6. The minimum Gasteiger partial charge on any atom is -0.334 e. The lowest BCUT2D eigenvalue weighted by molar-refractivity contribution is 0.672. The number of nitrogens with two attached hydrogens (primary N) is 1. The van der Waals surface area contributed by atoms with Crippen molar-refractivity contribution in [2.75, 3.05) is 5.84 Å². The highest BCUT2D eigenvalue weighted by Gasteiger charge is 2.11. The van der Waals surface area contributed by atoms with Gasteiger partial charge in [-0.25, -0.2) is 0 Å². The lowest BCUT2D eigenvalue weighted by Crippen LogP contribution is -2.33. The van der Waals surface area contributed by atoms with E-state index in [1.807, 2.05) is 42.5 Å². The molecule has 2 aromatic carbocycles. The predicted octanol–water partition coefficient (Wildman–Crippen LogP) is 2.89. The van der Waals surface area contributed by atoms with Crippen molar-refractivity contribution in [3.05, 3.63) is 86.8 Å². The van der Waals surface area contributed by atoms with E-state index in [2.05, 4.69) is 10.2 Å². The summed E-state index contributed by atoms with van der Waals surface area (Å²) in [5, 5.41) is 9.18. The molecule has 0 saturated heterocycles. The summed E-state index contributed by atoms with van der Waals surface area (Å²) in [5.41, 5.74) is 2.02. The summed E-state index contributed by atoms with van der Waals surface area (Å²) in [5.74, 6) is 6.55. The number of nitrogen functional groups attached to an aromatic ring is 1. The van der Waals surface area contributed by atoms with Gasteiger partial charge < -0.3 is 5.84 Å². The zero-order chi connectivity index (χ0) is 16.9. The molecule has 0 amide bonds. The van der Waals surface area contributed by atoms with Crippen LogP contribution in [0.1, 0.15) is 16.8 Å². The van der Waals surface area contributed by atoms with Crippen LogP contribution in [-0.4, -0.2) is 14.9 Å². The fraction of sp³-hybridized carbons (Fsp3) is 0.118. The number of nitrogens with zero attached hydrogens (tertiary/aromatic N) is 3. The molecule has 0 fully saturated rings. The van der Waals surface area contributed by atoms with Gasteiger partial charge in [-0.05, 0) is 23.3 Å². The van der Waals surface area contributed by atoms with Gasteiger partial charge in [-0.15, -0.1) is 10.2 Å². The van der Waals surface area contributed by atoms with Gasteiger partial charge in [-0.1, -0.05) is 65.8 Å². The van der Waals surface area contributed by atoms with Crippen LogP contribution >= 0.6 is 23.4 Å². The molecule has 0 atom stereocenters. The third-order valence-corrected chi connectivity index (χ3v) is 4.69. The van der Waals surface area contributed by atoms with E-state index in [0.717, 1.165) is 15.8 Å². The third kappa shape index (κ3) is 3.96. The number of rotatable bonds is 5. The van der Waals surface area contributed by atoms with Gasteiger partial charge in [0.1, 0.15) is 5.69 Å². The molecule has 0 bridgehead atoms. The van der Waals surface area contributed by atoms with E-state index in [1.54, 1.807) is 12.1 Å². The molecular weight excluding hydrogens is 344 g/mol. The van der Waals surface area contributed by atoms with Gasteiger partial charge in [0.05, 0.1) is 0 Å². The summed E-state index contributed by atoms with van der Waals surface area (Å²) in [7, 11) is 0. The van der Waals surface area contributed by atoms with E-state index < -0.39 is 0 Å². The fourth-order valence-electron chi connectivity index (χ4n) is 2.15. The highest BCUT2D eigenvalue weighted by molar-refractivity contribution is 7.98.